The summed E-state index contributed by atoms with van der Waals surface area (Å²) >= 11 is 5.71. The average Bonchev–Trinajstić information content (AvgIpc) is 2.32. The summed E-state index contributed by atoms with van der Waals surface area (Å²) in [4.78, 5) is 7.53. The molecule has 0 amide bonds. The fourth-order valence-corrected chi connectivity index (χ4v) is 1.38. The SMILES string of the molecule is OCc1ccnc(Oc2cncc(Cl)c2)c1F. The minimum atomic E-state index is -0.699. The highest BCUT2D eigenvalue weighted by atomic mass is 35.5. The van der Waals surface area contributed by atoms with Crippen molar-refractivity contribution in [1.82, 2.24) is 9.97 Å². The number of hydrogen-bond donors (Lipinski definition) is 1. The van der Waals surface area contributed by atoms with E-state index in [0.717, 1.165) is 0 Å². The van der Waals surface area contributed by atoms with Gasteiger partial charge in [0.05, 0.1) is 17.8 Å². The average molecular weight is 255 g/mol. The number of ether oxygens (including phenoxy) is 1. The number of nitrogens with zero attached hydrogens (tertiary/aromatic N) is 2. The number of pyridine rings is 2. The number of hydrogen-bond acceptors (Lipinski definition) is 4. The first-order valence-electron chi connectivity index (χ1n) is 4.73. The van der Waals surface area contributed by atoms with Crippen LogP contribution in [-0.4, -0.2) is 15.1 Å². The second kappa shape index (κ2) is 5.07. The standard InChI is InChI=1S/C11H8ClFN2O2/c12-8-3-9(5-14-4-8)17-11-10(13)7(6-16)1-2-15-11/h1-5,16H,6H2. The Labute approximate surface area is 102 Å². The summed E-state index contributed by atoms with van der Waals surface area (Å²) in [7, 11) is 0. The van der Waals surface area contributed by atoms with Crippen LogP contribution in [0.2, 0.25) is 5.02 Å². The van der Waals surface area contributed by atoms with Gasteiger partial charge in [-0.15, -0.1) is 0 Å². The molecule has 0 aliphatic heterocycles. The van der Waals surface area contributed by atoms with Crippen molar-refractivity contribution in [2.75, 3.05) is 0 Å². The van der Waals surface area contributed by atoms with Crippen molar-refractivity contribution < 1.29 is 14.2 Å². The van der Waals surface area contributed by atoms with E-state index < -0.39 is 12.4 Å². The van der Waals surface area contributed by atoms with Crippen molar-refractivity contribution in [2.45, 2.75) is 6.61 Å². The first-order valence-corrected chi connectivity index (χ1v) is 5.11. The maximum Gasteiger partial charge on any atom is 0.256 e. The van der Waals surface area contributed by atoms with E-state index in [1.54, 1.807) is 0 Å². The highest BCUT2D eigenvalue weighted by Crippen LogP contribution is 2.25. The molecule has 0 saturated carbocycles. The molecule has 0 aliphatic rings. The summed E-state index contributed by atoms with van der Waals surface area (Å²) in [6, 6.07) is 2.86. The van der Waals surface area contributed by atoms with Crippen molar-refractivity contribution >= 4 is 11.6 Å². The summed E-state index contributed by atoms with van der Waals surface area (Å²) in [5.41, 5.74) is 0.116. The summed E-state index contributed by atoms with van der Waals surface area (Å²) in [5.74, 6) is -0.644. The van der Waals surface area contributed by atoms with Crippen LogP contribution in [0.25, 0.3) is 0 Å². The van der Waals surface area contributed by atoms with Gasteiger partial charge in [0.15, 0.2) is 5.82 Å². The molecule has 0 fully saturated rings. The lowest BCUT2D eigenvalue weighted by Crippen LogP contribution is -1.97. The van der Waals surface area contributed by atoms with Crippen molar-refractivity contribution in [3.05, 3.63) is 47.1 Å². The Kier molecular flexibility index (Phi) is 3.51. The molecule has 0 unspecified atom stereocenters. The van der Waals surface area contributed by atoms with Gasteiger partial charge in [-0.3, -0.25) is 4.98 Å². The van der Waals surface area contributed by atoms with Gasteiger partial charge in [0.25, 0.3) is 5.88 Å². The van der Waals surface area contributed by atoms with Crippen LogP contribution in [0.5, 0.6) is 11.6 Å². The van der Waals surface area contributed by atoms with Crippen LogP contribution in [-0.2, 0) is 6.61 Å². The topological polar surface area (TPSA) is 55.2 Å². The minimum Gasteiger partial charge on any atom is -0.435 e. The second-order valence-electron chi connectivity index (χ2n) is 3.19. The van der Waals surface area contributed by atoms with Gasteiger partial charge in [0.2, 0.25) is 0 Å². The molecular weight excluding hydrogens is 247 g/mol. The Hall–Kier alpha value is -1.72. The normalized spacial score (nSPS) is 10.3. The number of aliphatic hydroxyl groups excluding tert-OH is 1. The van der Waals surface area contributed by atoms with Crippen molar-refractivity contribution in [1.29, 1.82) is 0 Å². The Balaban J connectivity index is 2.30. The summed E-state index contributed by atoms with van der Waals surface area (Å²) in [6.07, 6.45) is 4.17. The molecule has 2 rings (SSSR count). The zero-order chi connectivity index (χ0) is 12.3. The molecule has 0 saturated heterocycles. The zero-order valence-electron chi connectivity index (χ0n) is 8.60. The molecule has 17 heavy (non-hydrogen) atoms. The lowest BCUT2D eigenvalue weighted by Gasteiger charge is -2.07. The predicted octanol–water partition coefficient (Wildman–Crippen LogP) is 2.55. The van der Waals surface area contributed by atoms with Gasteiger partial charge in [-0.25, -0.2) is 9.37 Å². The summed E-state index contributed by atoms with van der Waals surface area (Å²) in [6.45, 7) is -0.418. The Morgan fingerprint density at radius 3 is 2.94 bits per heavy atom. The van der Waals surface area contributed by atoms with Crippen molar-refractivity contribution in [3.8, 4) is 11.6 Å². The molecule has 0 aliphatic carbocycles. The molecule has 2 aromatic heterocycles. The van der Waals surface area contributed by atoms with E-state index in [0.29, 0.717) is 5.02 Å². The molecular formula is C11H8ClFN2O2. The second-order valence-corrected chi connectivity index (χ2v) is 3.62. The van der Waals surface area contributed by atoms with Crippen LogP contribution in [0.3, 0.4) is 0 Å². The molecule has 2 heterocycles. The van der Waals surface area contributed by atoms with E-state index in [2.05, 4.69) is 9.97 Å². The largest absolute Gasteiger partial charge is 0.435 e. The van der Waals surface area contributed by atoms with Gasteiger partial charge in [0, 0.05) is 24.0 Å². The third kappa shape index (κ3) is 2.69. The van der Waals surface area contributed by atoms with Crippen molar-refractivity contribution in [2.24, 2.45) is 0 Å². The van der Waals surface area contributed by atoms with Crippen LogP contribution in [0.1, 0.15) is 5.56 Å². The molecule has 0 spiro atoms. The smallest absolute Gasteiger partial charge is 0.256 e. The van der Waals surface area contributed by atoms with E-state index in [-0.39, 0.29) is 17.2 Å². The van der Waals surface area contributed by atoms with E-state index >= 15 is 0 Å². The highest BCUT2D eigenvalue weighted by molar-refractivity contribution is 6.30. The summed E-state index contributed by atoms with van der Waals surface area (Å²) < 4.78 is 18.8. The first-order chi connectivity index (χ1) is 8.20. The minimum absolute atomic E-state index is 0.116. The van der Waals surface area contributed by atoms with Gasteiger partial charge in [-0.05, 0) is 6.07 Å². The third-order valence-electron chi connectivity index (χ3n) is 2.00. The molecule has 0 atom stereocenters. The maximum atomic E-state index is 13.7. The number of rotatable bonds is 3. The van der Waals surface area contributed by atoms with Crippen LogP contribution < -0.4 is 4.74 Å². The van der Waals surface area contributed by atoms with Crippen LogP contribution >= 0.6 is 11.6 Å². The Morgan fingerprint density at radius 2 is 2.24 bits per heavy atom. The van der Waals surface area contributed by atoms with Crippen LogP contribution in [0.15, 0.2) is 30.7 Å². The van der Waals surface area contributed by atoms with E-state index in [9.17, 15) is 4.39 Å². The quantitative estimate of drug-likeness (QED) is 0.915. The first kappa shape index (κ1) is 11.8. The van der Waals surface area contributed by atoms with Gasteiger partial charge in [-0.2, -0.15) is 0 Å². The number of aromatic nitrogens is 2. The summed E-state index contributed by atoms with van der Waals surface area (Å²) in [5, 5.41) is 9.27. The van der Waals surface area contributed by atoms with E-state index in [1.807, 2.05) is 0 Å². The molecule has 0 radical (unpaired) electrons. The van der Waals surface area contributed by atoms with Gasteiger partial charge >= 0.3 is 0 Å². The molecule has 1 N–H and O–H groups in total. The fraction of sp³-hybridized carbons (Fsp3) is 0.0909. The maximum absolute atomic E-state index is 13.7. The molecule has 6 heteroatoms. The lowest BCUT2D eigenvalue weighted by atomic mass is 10.3. The molecule has 88 valence electrons. The number of halogens is 2. The van der Waals surface area contributed by atoms with Crippen LogP contribution in [0, 0.1) is 5.82 Å². The van der Waals surface area contributed by atoms with E-state index in [4.69, 9.17) is 21.4 Å². The Morgan fingerprint density at radius 1 is 1.41 bits per heavy atom. The van der Waals surface area contributed by atoms with E-state index in [1.165, 1.54) is 30.7 Å². The third-order valence-corrected chi connectivity index (χ3v) is 2.21. The zero-order valence-corrected chi connectivity index (χ0v) is 9.36. The number of aliphatic hydroxyl groups is 1. The van der Waals surface area contributed by atoms with Crippen molar-refractivity contribution in [3.63, 3.8) is 0 Å². The Bertz CT molecular complexity index is 537. The molecule has 0 aromatic carbocycles. The van der Waals surface area contributed by atoms with Crippen LogP contribution in [0.4, 0.5) is 4.39 Å². The monoisotopic (exact) mass is 254 g/mol. The highest BCUT2D eigenvalue weighted by Gasteiger charge is 2.11. The van der Waals surface area contributed by atoms with Gasteiger partial charge < -0.3 is 9.84 Å². The molecule has 2 aromatic rings. The predicted molar refractivity (Wildman–Crippen MR) is 59.4 cm³/mol. The molecule has 0 bridgehead atoms. The van der Waals surface area contributed by atoms with Gasteiger partial charge in [-0.1, -0.05) is 11.6 Å². The molecule has 4 nitrogen and oxygen atoms in total. The lowest BCUT2D eigenvalue weighted by molar-refractivity contribution is 0.273. The fourth-order valence-electron chi connectivity index (χ4n) is 1.22. The van der Waals surface area contributed by atoms with Gasteiger partial charge in [0.1, 0.15) is 5.75 Å².